The lowest BCUT2D eigenvalue weighted by Gasteiger charge is -2.08. The predicted molar refractivity (Wildman–Crippen MR) is 74.1 cm³/mol. The number of hydrogen-bond donors (Lipinski definition) is 0. The zero-order valence-corrected chi connectivity index (χ0v) is 11.2. The van der Waals surface area contributed by atoms with E-state index < -0.39 is 23.1 Å². The number of benzene rings is 2. The predicted octanol–water partition coefficient (Wildman–Crippen LogP) is 3.30. The van der Waals surface area contributed by atoms with E-state index in [1.807, 2.05) is 0 Å². The second-order valence-electron chi connectivity index (χ2n) is 4.40. The molecule has 0 aliphatic rings. The largest absolute Gasteiger partial charge is 0.478 e. The molecular formula is C15H12FNO4. The minimum Gasteiger partial charge on any atom is -0.478 e. The number of Topliss-reactive ketones (excluding diaryl/α,β-unsaturated/α-hetero) is 1. The highest BCUT2D eigenvalue weighted by Gasteiger charge is 2.18. The third-order valence-electron chi connectivity index (χ3n) is 2.88. The smallest absolute Gasteiger partial charge is 0.311 e. The maximum Gasteiger partial charge on any atom is 0.311 e. The van der Waals surface area contributed by atoms with Crippen LogP contribution in [0.25, 0.3) is 0 Å². The molecular weight excluding hydrogens is 277 g/mol. The van der Waals surface area contributed by atoms with Gasteiger partial charge < -0.3 is 4.74 Å². The molecule has 2 rings (SSSR count). The van der Waals surface area contributed by atoms with Crippen molar-refractivity contribution in [2.75, 3.05) is 6.61 Å². The van der Waals surface area contributed by atoms with Crippen molar-refractivity contribution in [3.05, 3.63) is 69.5 Å². The lowest BCUT2D eigenvalue weighted by Crippen LogP contribution is -2.13. The maximum atomic E-state index is 13.0. The van der Waals surface area contributed by atoms with Crippen LogP contribution in [-0.2, 0) is 0 Å². The molecule has 108 valence electrons. The van der Waals surface area contributed by atoms with E-state index in [1.165, 1.54) is 30.3 Å². The summed E-state index contributed by atoms with van der Waals surface area (Å²) >= 11 is 0. The number of hydrogen-bond acceptors (Lipinski definition) is 4. The summed E-state index contributed by atoms with van der Waals surface area (Å²) < 4.78 is 18.3. The van der Waals surface area contributed by atoms with Crippen LogP contribution in [-0.4, -0.2) is 17.3 Å². The van der Waals surface area contributed by atoms with Crippen LogP contribution in [0.2, 0.25) is 0 Å². The van der Waals surface area contributed by atoms with E-state index in [0.717, 1.165) is 6.07 Å². The van der Waals surface area contributed by atoms with Crippen molar-refractivity contribution < 1.29 is 18.8 Å². The van der Waals surface area contributed by atoms with Gasteiger partial charge in [0.25, 0.3) is 0 Å². The molecule has 6 heteroatoms. The Balaban J connectivity index is 2.17. The van der Waals surface area contributed by atoms with Crippen molar-refractivity contribution in [3.63, 3.8) is 0 Å². The SMILES string of the molecule is Cc1cccc([N+](=O)[O-])c1OCC(=O)c1cccc(F)c1. The third-order valence-corrected chi connectivity index (χ3v) is 2.88. The number of para-hydroxylation sites is 1. The van der Waals surface area contributed by atoms with E-state index in [0.29, 0.717) is 5.56 Å². The molecule has 0 spiro atoms. The van der Waals surface area contributed by atoms with Gasteiger partial charge in [-0.15, -0.1) is 0 Å². The van der Waals surface area contributed by atoms with Gasteiger partial charge in [-0.2, -0.15) is 0 Å². The number of carbonyl (C=O) groups excluding carboxylic acids is 1. The van der Waals surface area contributed by atoms with Gasteiger partial charge in [-0.05, 0) is 24.6 Å². The van der Waals surface area contributed by atoms with Crippen LogP contribution in [0, 0.1) is 22.9 Å². The van der Waals surface area contributed by atoms with Gasteiger partial charge in [0.15, 0.2) is 12.4 Å². The molecule has 0 aromatic heterocycles. The Kier molecular flexibility index (Phi) is 4.27. The van der Waals surface area contributed by atoms with Crippen LogP contribution in [0.4, 0.5) is 10.1 Å². The van der Waals surface area contributed by atoms with Gasteiger partial charge in [-0.25, -0.2) is 4.39 Å². The van der Waals surface area contributed by atoms with Crippen molar-refractivity contribution in [2.45, 2.75) is 6.92 Å². The Morgan fingerprint density at radius 2 is 2.00 bits per heavy atom. The van der Waals surface area contributed by atoms with Crippen LogP contribution in [0.3, 0.4) is 0 Å². The zero-order chi connectivity index (χ0) is 15.4. The minimum atomic E-state index is -0.574. The molecule has 0 bridgehead atoms. The van der Waals surface area contributed by atoms with Crippen LogP contribution < -0.4 is 4.74 Å². The Morgan fingerprint density at radius 3 is 2.67 bits per heavy atom. The molecule has 5 nitrogen and oxygen atoms in total. The average Bonchev–Trinajstić information content (AvgIpc) is 2.45. The van der Waals surface area contributed by atoms with Crippen LogP contribution in [0.1, 0.15) is 15.9 Å². The van der Waals surface area contributed by atoms with Gasteiger partial charge in [0, 0.05) is 11.6 Å². The van der Waals surface area contributed by atoms with E-state index >= 15 is 0 Å². The fraction of sp³-hybridized carbons (Fsp3) is 0.133. The van der Waals surface area contributed by atoms with Gasteiger partial charge in [-0.1, -0.05) is 24.3 Å². The summed E-state index contributed by atoms with van der Waals surface area (Å²) in [5, 5.41) is 10.9. The lowest BCUT2D eigenvalue weighted by molar-refractivity contribution is -0.385. The molecule has 2 aromatic carbocycles. The van der Waals surface area contributed by atoms with Gasteiger partial charge in [0.2, 0.25) is 5.75 Å². The molecule has 0 aliphatic heterocycles. The van der Waals surface area contributed by atoms with Gasteiger partial charge in [0.05, 0.1) is 4.92 Å². The van der Waals surface area contributed by atoms with Gasteiger partial charge >= 0.3 is 5.69 Å². The summed E-state index contributed by atoms with van der Waals surface area (Å²) in [7, 11) is 0. The van der Waals surface area contributed by atoms with Crippen LogP contribution in [0.5, 0.6) is 5.75 Å². The second kappa shape index (κ2) is 6.13. The summed E-state index contributed by atoms with van der Waals surface area (Å²) in [6.07, 6.45) is 0. The van der Waals surface area contributed by atoms with Crippen molar-refractivity contribution in [1.29, 1.82) is 0 Å². The van der Waals surface area contributed by atoms with E-state index in [1.54, 1.807) is 13.0 Å². The number of aryl methyl sites for hydroxylation is 1. The highest BCUT2D eigenvalue weighted by atomic mass is 19.1. The molecule has 0 saturated carbocycles. The Bertz CT molecular complexity index is 700. The van der Waals surface area contributed by atoms with Crippen LogP contribution in [0.15, 0.2) is 42.5 Å². The first-order valence-electron chi connectivity index (χ1n) is 6.14. The highest BCUT2D eigenvalue weighted by molar-refractivity contribution is 5.97. The molecule has 0 N–H and O–H groups in total. The number of ketones is 1. The molecule has 2 aromatic rings. The minimum absolute atomic E-state index is 0.0484. The first-order chi connectivity index (χ1) is 9.99. The quantitative estimate of drug-likeness (QED) is 0.481. The average molecular weight is 289 g/mol. The van der Waals surface area contributed by atoms with Crippen LogP contribution >= 0.6 is 0 Å². The number of carbonyl (C=O) groups is 1. The summed E-state index contributed by atoms with van der Waals surface area (Å²) in [5.41, 5.74) is 0.504. The number of nitrogens with zero attached hydrogens (tertiary/aromatic N) is 1. The third kappa shape index (κ3) is 3.42. The van der Waals surface area contributed by atoms with Crippen molar-refractivity contribution in [2.24, 2.45) is 0 Å². The molecule has 21 heavy (non-hydrogen) atoms. The Hall–Kier alpha value is -2.76. The first-order valence-corrected chi connectivity index (χ1v) is 6.14. The number of rotatable bonds is 5. The van der Waals surface area contributed by atoms with E-state index in [9.17, 15) is 19.3 Å². The summed E-state index contributed by atoms with van der Waals surface area (Å²) in [6, 6.07) is 9.68. The van der Waals surface area contributed by atoms with E-state index in [-0.39, 0.29) is 17.0 Å². The number of nitro benzene ring substituents is 1. The lowest BCUT2D eigenvalue weighted by atomic mass is 10.1. The number of halogens is 1. The van der Waals surface area contributed by atoms with Crippen molar-refractivity contribution in [3.8, 4) is 5.75 Å². The number of nitro groups is 1. The summed E-state index contributed by atoms with van der Waals surface area (Å²) in [5.74, 6) is -0.929. The fourth-order valence-corrected chi connectivity index (χ4v) is 1.85. The fourth-order valence-electron chi connectivity index (χ4n) is 1.85. The summed E-state index contributed by atoms with van der Waals surface area (Å²) in [6.45, 7) is 1.25. The molecule has 0 atom stereocenters. The van der Waals surface area contributed by atoms with Gasteiger partial charge in [0.1, 0.15) is 5.82 Å². The molecule has 0 radical (unpaired) electrons. The zero-order valence-electron chi connectivity index (χ0n) is 11.2. The van der Waals surface area contributed by atoms with Crippen molar-refractivity contribution in [1.82, 2.24) is 0 Å². The first kappa shape index (κ1) is 14.6. The van der Waals surface area contributed by atoms with Gasteiger partial charge in [-0.3, -0.25) is 14.9 Å². The van der Waals surface area contributed by atoms with Crippen molar-refractivity contribution >= 4 is 11.5 Å². The number of ether oxygens (including phenoxy) is 1. The molecule has 0 fully saturated rings. The Labute approximate surface area is 120 Å². The molecule has 0 saturated heterocycles. The summed E-state index contributed by atoms with van der Waals surface area (Å²) in [4.78, 5) is 22.3. The molecule has 0 unspecified atom stereocenters. The maximum absolute atomic E-state index is 13.0. The molecule has 0 heterocycles. The second-order valence-corrected chi connectivity index (χ2v) is 4.40. The molecule has 0 aliphatic carbocycles. The van der Waals surface area contributed by atoms with E-state index in [2.05, 4.69) is 0 Å². The Morgan fingerprint density at radius 1 is 1.29 bits per heavy atom. The highest BCUT2D eigenvalue weighted by Crippen LogP contribution is 2.30. The topological polar surface area (TPSA) is 69.4 Å². The van der Waals surface area contributed by atoms with E-state index in [4.69, 9.17) is 4.74 Å². The standard InChI is InChI=1S/C15H12FNO4/c1-10-4-2-7-13(17(19)20)15(10)21-9-14(18)11-5-3-6-12(16)8-11/h2-8H,9H2,1H3. The normalized spacial score (nSPS) is 10.2. The molecule has 0 amide bonds. The monoisotopic (exact) mass is 289 g/mol.